The number of hydrogen-bond donors (Lipinski definition) is 2. The van der Waals surface area contributed by atoms with Crippen LogP contribution in [-0.2, 0) is 9.53 Å². The number of esters is 1. The summed E-state index contributed by atoms with van der Waals surface area (Å²) in [5, 5.41) is 6.61. The van der Waals surface area contributed by atoms with Gasteiger partial charge in [0, 0.05) is 24.0 Å². The molecule has 1 amide bonds. The highest BCUT2D eigenvalue weighted by Gasteiger charge is 2.33. The van der Waals surface area contributed by atoms with E-state index in [0.29, 0.717) is 34.2 Å². The summed E-state index contributed by atoms with van der Waals surface area (Å²) in [6, 6.07) is 13.9. The Morgan fingerprint density at radius 2 is 1.91 bits per heavy atom. The van der Waals surface area contributed by atoms with Crippen LogP contribution in [0.2, 0.25) is 0 Å². The van der Waals surface area contributed by atoms with Crippen molar-refractivity contribution < 1.29 is 19.1 Å². The lowest BCUT2D eigenvalue weighted by molar-refractivity contribution is -0.136. The molecule has 1 heterocycles. The number of ether oxygens (including phenoxy) is 2. The third-order valence-electron chi connectivity index (χ3n) is 5.52. The van der Waals surface area contributed by atoms with Crippen LogP contribution in [0.25, 0.3) is 0 Å². The monoisotopic (exact) mass is 467 g/mol. The molecule has 8 heteroatoms. The van der Waals surface area contributed by atoms with E-state index in [1.165, 1.54) is 7.11 Å². The van der Waals surface area contributed by atoms with Crippen LogP contribution >= 0.6 is 12.2 Å². The number of carbonyl (C=O) groups excluding carboxylic acids is 2. The zero-order valence-electron chi connectivity index (χ0n) is 19.3. The number of nitrogens with zero attached hydrogens (tertiary/aromatic N) is 1. The number of carbonyl (C=O) groups is 2. The van der Waals surface area contributed by atoms with E-state index in [9.17, 15) is 9.59 Å². The van der Waals surface area contributed by atoms with Gasteiger partial charge in [-0.05, 0) is 67.5 Å². The predicted molar refractivity (Wildman–Crippen MR) is 132 cm³/mol. The van der Waals surface area contributed by atoms with Gasteiger partial charge in [-0.3, -0.25) is 4.79 Å². The number of allylic oxidation sites excluding steroid dienone is 1. The average Bonchev–Trinajstić information content (AvgIpc) is 2.82. The number of thiocarbonyl (C=S) groups is 1. The molecule has 33 heavy (non-hydrogen) atoms. The summed E-state index contributed by atoms with van der Waals surface area (Å²) in [4.78, 5) is 27.0. The van der Waals surface area contributed by atoms with E-state index >= 15 is 0 Å². The molecule has 0 aliphatic carbocycles. The Morgan fingerprint density at radius 1 is 1.18 bits per heavy atom. The number of nitrogens with one attached hydrogen (secondary N) is 2. The van der Waals surface area contributed by atoms with E-state index in [1.54, 1.807) is 42.3 Å². The predicted octanol–water partition coefficient (Wildman–Crippen LogP) is 4.43. The summed E-state index contributed by atoms with van der Waals surface area (Å²) < 4.78 is 10.7. The van der Waals surface area contributed by atoms with Crippen LogP contribution in [-0.4, -0.2) is 42.7 Å². The van der Waals surface area contributed by atoms with Crippen molar-refractivity contribution >= 4 is 34.9 Å². The van der Waals surface area contributed by atoms with Crippen molar-refractivity contribution in [1.29, 1.82) is 0 Å². The van der Waals surface area contributed by atoms with Gasteiger partial charge in [-0.25, -0.2) is 4.79 Å². The van der Waals surface area contributed by atoms with Crippen molar-refractivity contribution in [3.05, 3.63) is 70.9 Å². The number of methoxy groups -OCH3 is 1. The summed E-state index contributed by atoms with van der Waals surface area (Å²) in [5.41, 5.74) is 3.09. The first kappa shape index (κ1) is 24.3. The largest absolute Gasteiger partial charge is 0.494 e. The summed E-state index contributed by atoms with van der Waals surface area (Å²) in [6.07, 6.45) is 2.05. The molecule has 1 aliphatic rings. The summed E-state index contributed by atoms with van der Waals surface area (Å²) in [5.74, 6) is 0.0675. The van der Waals surface area contributed by atoms with Crippen LogP contribution in [0.5, 0.6) is 5.75 Å². The molecule has 174 valence electrons. The lowest BCUT2D eigenvalue weighted by atomic mass is 9.95. The van der Waals surface area contributed by atoms with Gasteiger partial charge in [0.2, 0.25) is 0 Å². The van der Waals surface area contributed by atoms with Crippen LogP contribution in [0.3, 0.4) is 0 Å². The molecule has 0 aromatic heterocycles. The smallest absolute Gasteiger partial charge is 0.337 e. The topological polar surface area (TPSA) is 79.9 Å². The van der Waals surface area contributed by atoms with Gasteiger partial charge >= 0.3 is 5.97 Å². The molecule has 2 aromatic carbocycles. The molecule has 1 aliphatic heterocycles. The molecular weight excluding hydrogens is 438 g/mol. The molecule has 0 fully saturated rings. The van der Waals surface area contributed by atoms with Gasteiger partial charge in [0.25, 0.3) is 5.91 Å². The van der Waals surface area contributed by atoms with Gasteiger partial charge in [-0.1, -0.05) is 25.5 Å². The lowest BCUT2D eigenvalue weighted by Gasteiger charge is -2.35. The fourth-order valence-electron chi connectivity index (χ4n) is 3.50. The number of unbranched alkanes of at least 4 members (excludes halogenated alkanes) is 1. The fourth-order valence-corrected chi connectivity index (χ4v) is 3.75. The molecule has 7 nitrogen and oxygen atoms in total. The lowest BCUT2D eigenvalue weighted by Crippen LogP contribution is -2.46. The highest BCUT2D eigenvalue weighted by molar-refractivity contribution is 7.80. The quantitative estimate of drug-likeness (QED) is 0.338. The highest BCUT2D eigenvalue weighted by atomic mass is 32.1. The second-order valence-corrected chi connectivity index (χ2v) is 8.12. The van der Waals surface area contributed by atoms with Crippen molar-refractivity contribution in [1.82, 2.24) is 10.2 Å². The minimum Gasteiger partial charge on any atom is -0.494 e. The number of hydrogen-bond acceptors (Lipinski definition) is 5. The molecule has 2 N–H and O–H groups in total. The number of amides is 1. The van der Waals surface area contributed by atoms with Gasteiger partial charge in [-0.2, -0.15) is 0 Å². The third-order valence-corrected chi connectivity index (χ3v) is 5.91. The Bertz CT molecular complexity index is 1070. The molecule has 0 spiro atoms. The van der Waals surface area contributed by atoms with Gasteiger partial charge in [0.1, 0.15) is 5.75 Å². The van der Waals surface area contributed by atoms with E-state index < -0.39 is 12.0 Å². The molecule has 3 rings (SSSR count). The van der Waals surface area contributed by atoms with Crippen LogP contribution in [0.15, 0.2) is 59.8 Å². The first-order valence-corrected chi connectivity index (χ1v) is 11.2. The normalized spacial score (nSPS) is 15.7. The first-order valence-electron chi connectivity index (χ1n) is 10.8. The van der Waals surface area contributed by atoms with Crippen LogP contribution in [0.4, 0.5) is 5.69 Å². The summed E-state index contributed by atoms with van der Waals surface area (Å²) in [7, 11) is 3.14. The SMILES string of the molecule is CCCCOc1ccc(C(=O)Nc2cccc(C3NC(=S)N(C)C(C)=C3C(=O)OC)c2)cc1. The fraction of sp³-hybridized carbons (Fsp3) is 0.320. The van der Waals surface area contributed by atoms with Crippen molar-refractivity contribution in [2.24, 2.45) is 0 Å². The Balaban J connectivity index is 1.78. The Morgan fingerprint density at radius 3 is 2.58 bits per heavy atom. The van der Waals surface area contributed by atoms with Gasteiger partial charge in [0.15, 0.2) is 5.11 Å². The van der Waals surface area contributed by atoms with Gasteiger partial charge in [-0.15, -0.1) is 0 Å². The van der Waals surface area contributed by atoms with Crippen molar-refractivity contribution in [3.8, 4) is 5.75 Å². The van der Waals surface area contributed by atoms with E-state index in [1.807, 2.05) is 25.1 Å². The Labute approximate surface area is 199 Å². The van der Waals surface area contributed by atoms with Crippen molar-refractivity contribution in [2.75, 3.05) is 26.1 Å². The number of anilines is 1. The molecule has 1 unspecified atom stereocenters. The Hall–Kier alpha value is -3.39. The van der Waals surface area contributed by atoms with Crippen LogP contribution in [0, 0.1) is 0 Å². The van der Waals surface area contributed by atoms with Crippen LogP contribution in [0.1, 0.15) is 48.7 Å². The summed E-state index contributed by atoms with van der Waals surface area (Å²) >= 11 is 5.42. The van der Waals surface area contributed by atoms with Crippen LogP contribution < -0.4 is 15.4 Å². The molecule has 0 saturated carbocycles. The number of rotatable bonds is 8. The minimum atomic E-state index is -0.488. The molecule has 2 aromatic rings. The first-order chi connectivity index (χ1) is 15.8. The van der Waals surface area contributed by atoms with E-state index in [4.69, 9.17) is 21.7 Å². The maximum atomic E-state index is 12.8. The second-order valence-electron chi connectivity index (χ2n) is 7.74. The minimum absolute atomic E-state index is 0.237. The van der Waals surface area contributed by atoms with E-state index in [-0.39, 0.29) is 5.91 Å². The zero-order chi connectivity index (χ0) is 24.0. The molecule has 1 atom stereocenters. The maximum Gasteiger partial charge on any atom is 0.337 e. The average molecular weight is 468 g/mol. The summed E-state index contributed by atoms with van der Waals surface area (Å²) in [6.45, 7) is 4.59. The van der Waals surface area contributed by atoms with Gasteiger partial charge in [0.05, 0.1) is 25.3 Å². The van der Waals surface area contributed by atoms with Crippen molar-refractivity contribution in [2.45, 2.75) is 32.7 Å². The zero-order valence-corrected chi connectivity index (χ0v) is 20.1. The third kappa shape index (κ3) is 5.70. The highest BCUT2D eigenvalue weighted by Crippen LogP contribution is 2.31. The molecule has 0 saturated heterocycles. The van der Waals surface area contributed by atoms with E-state index in [2.05, 4.69) is 17.6 Å². The maximum absolute atomic E-state index is 12.8. The van der Waals surface area contributed by atoms with Crippen molar-refractivity contribution in [3.63, 3.8) is 0 Å². The Kier molecular flexibility index (Phi) is 8.06. The van der Waals surface area contributed by atoms with E-state index in [0.717, 1.165) is 24.2 Å². The number of benzene rings is 2. The van der Waals surface area contributed by atoms with Gasteiger partial charge < -0.3 is 25.0 Å². The molecular formula is C25H29N3O4S. The standard InChI is InChI=1S/C25H29N3O4S/c1-5-6-14-32-20-12-10-17(11-13-20)23(29)26-19-9-7-8-18(15-19)22-21(24(30)31-4)16(2)28(3)25(33)27-22/h7-13,15,22H,5-6,14H2,1-4H3,(H,26,29)(H,27,33). The molecule has 0 bridgehead atoms. The molecule has 0 radical (unpaired) electrons. The second kappa shape index (κ2) is 11.0.